The molecule has 13 heteroatoms. The van der Waals surface area contributed by atoms with Crippen molar-refractivity contribution in [2.75, 3.05) is 14.1 Å². The molecule has 3 fully saturated rings. The number of nitrogens with zero attached hydrogens (tertiary/aromatic N) is 2. The number of Topliss-reactive ketones (excluding diaryl/α,β-unsaturated/α-hetero) is 4. The van der Waals surface area contributed by atoms with E-state index in [4.69, 9.17) is 17.2 Å². The molecule has 0 heterocycles. The van der Waals surface area contributed by atoms with Crippen LogP contribution in [0.4, 0.5) is 0 Å². The largest absolute Gasteiger partial charge is 0.507 e. The van der Waals surface area contributed by atoms with Gasteiger partial charge in [0.2, 0.25) is 11.8 Å². The van der Waals surface area contributed by atoms with Crippen LogP contribution in [0.25, 0.3) is 11.1 Å². The second-order valence-corrected chi connectivity index (χ2v) is 15.7. The van der Waals surface area contributed by atoms with Gasteiger partial charge in [-0.15, -0.1) is 0 Å². The quantitative estimate of drug-likeness (QED) is 0.267. The third-order valence-electron chi connectivity index (χ3n) is 11.1. The second kappa shape index (κ2) is 11.4. The molecular weight excluding hydrogens is 640 g/mol. The van der Waals surface area contributed by atoms with Gasteiger partial charge < -0.3 is 27.6 Å². The first-order chi connectivity index (χ1) is 23.2. The van der Waals surface area contributed by atoms with Gasteiger partial charge in [0, 0.05) is 23.6 Å². The number of benzene rings is 2. The summed E-state index contributed by atoms with van der Waals surface area (Å²) in [4.78, 5) is 83.6. The third-order valence-corrected chi connectivity index (χ3v) is 11.1. The lowest BCUT2D eigenvalue weighted by atomic mass is 9.42. The predicted molar refractivity (Wildman–Crippen MR) is 180 cm³/mol. The van der Waals surface area contributed by atoms with Crippen LogP contribution in [-0.4, -0.2) is 76.2 Å². The number of primary amides is 1. The lowest BCUT2D eigenvalue weighted by Gasteiger charge is -2.60. The number of nitrogens with two attached hydrogens (primary N) is 3. The topological polar surface area (TPSA) is 240 Å². The van der Waals surface area contributed by atoms with Crippen LogP contribution in [0.15, 0.2) is 30.3 Å². The van der Waals surface area contributed by atoms with Crippen LogP contribution in [0.2, 0.25) is 0 Å². The number of phenolic OH excluding ortho intramolecular Hbond substituents is 1. The van der Waals surface area contributed by atoms with E-state index in [1.54, 1.807) is 12.1 Å². The van der Waals surface area contributed by atoms with Crippen molar-refractivity contribution >= 4 is 34.9 Å². The van der Waals surface area contributed by atoms with E-state index in [9.17, 15) is 39.1 Å². The molecule has 262 valence electrons. The highest BCUT2D eigenvalue weighted by Gasteiger charge is 2.78. The Hall–Kier alpha value is -4.77. The van der Waals surface area contributed by atoms with Crippen LogP contribution in [0.5, 0.6) is 5.75 Å². The summed E-state index contributed by atoms with van der Waals surface area (Å²) in [6.45, 7) is 6.10. The number of nitrogens with one attached hydrogen (secondary N) is 1. The summed E-state index contributed by atoms with van der Waals surface area (Å²) in [5.41, 5.74) is 15.0. The number of hydrogen-bond donors (Lipinski definition) is 5. The van der Waals surface area contributed by atoms with E-state index < -0.39 is 75.6 Å². The molecule has 50 heavy (non-hydrogen) atoms. The molecule has 2 aromatic rings. The molecule has 2 amide bonds. The number of hydrogen-bond acceptors (Lipinski definition) is 11. The Bertz CT molecular complexity index is 1940. The number of ketones is 4. The maximum Gasteiger partial charge on any atom is 0.235 e. The average molecular weight is 683 g/mol. The highest BCUT2D eigenvalue weighted by Crippen LogP contribution is 2.57. The van der Waals surface area contributed by atoms with E-state index in [1.165, 1.54) is 19.0 Å². The van der Waals surface area contributed by atoms with Gasteiger partial charge in [0.15, 0.2) is 34.5 Å². The van der Waals surface area contributed by atoms with Gasteiger partial charge in [-0.05, 0) is 73.5 Å². The maximum absolute atomic E-state index is 14.8. The van der Waals surface area contributed by atoms with Gasteiger partial charge in [0.05, 0.1) is 23.2 Å². The van der Waals surface area contributed by atoms with Gasteiger partial charge in [0.1, 0.15) is 11.7 Å². The van der Waals surface area contributed by atoms with Crippen molar-refractivity contribution < 1.29 is 33.9 Å². The number of carbonyl (C=O) groups excluding carboxylic acids is 6. The molecular formula is C37H42N6O7. The fourth-order valence-corrected chi connectivity index (χ4v) is 8.54. The number of aromatic hydroxyl groups is 1. The van der Waals surface area contributed by atoms with Crippen LogP contribution >= 0.6 is 0 Å². The number of rotatable bonds is 6. The summed E-state index contributed by atoms with van der Waals surface area (Å²) in [6.07, 6.45) is 0.801. The Morgan fingerprint density at radius 3 is 2.20 bits per heavy atom. The molecule has 0 spiro atoms. The lowest BCUT2D eigenvalue weighted by molar-refractivity contribution is -0.166. The van der Waals surface area contributed by atoms with Crippen molar-refractivity contribution in [3.8, 4) is 22.9 Å². The second-order valence-electron chi connectivity index (χ2n) is 15.7. The SMILES string of the molecule is CN(C)[C@@H]1C(=O)C(C(N)=O)C(=O)[C@@]2(C#N)C(=O)C3C(=O)c4c(O)c(CNC(=O)C5CC5)cc(-c5ccc(C(C)(C)C)cc5)c4C[C@@]3(N)C[C@@]12N. The van der Waals surface area contributed by atoms with E-state index in [-0.39, 0.29) is 41.3 Å². The van der Waals surface area contributed by atoms with E-state index in [0.29, 0.717) is 16.7 Å². The van der Waals surface area contributed by atoms with E-state index in [0.717, 1.165) is 18.4 Å². The van der Waals surface area contributed by atoms with Crippen molar-refractivity contribution in [2.24, 2.45) is 40.4 Å². The maximum atomic E-state index is 14.8. The predicted octanol–water partition coefficient (Wildman–Crippen LogP) is 0.799. The molecule has 13 nitrogen and oxygen atoms in total. The number of phenols is 1. The Labute approximate surface area is 289 Å². The molecule has 3 saturated carbocycles. The van der Waals surface area contributed by atoms with Gasteiger partial charge >= 0.3 is 0 Å². The van der Waals surface area contributed by atoms with Gasteiger partial charge in [-0.3, -0.25) is 33.7 Å². The summed E-state index contributed by atoms with van der Waals surface area (Å²) in [5.74, 6) is -10.7. The summed E-state index contributed by atoms with van der Waals surface area (Å²) >= 11 is 0. The monoisotopic (exact) mass is 682 g/mol. The van der Waals surface area contributed by atoms with Crippen molar-refractivity contribution in [3.63, 3.8) is 0 Å². The first-order valence-corrected chi connectivity index (χ1v) is 16.6. The molecule has 0 radical (unpaired) electrons. The van der Waals surface area contributed by atoms with Gasteiger partial charge in [-0.25, -0.2) is 0 Å². The number of amides is 2. The molecule has 6 rings (SSSR count). The highest BCUT2D eigenvalue weighted by atomic mass is 16.3. The zero-order valence-electron chi connectivity index (χ0n) is 28.8. The normalized spacial score (nSPS) is 30.7. The smallest absolute Gasteiger partial charge is 0.235 e. The van der Waals surface area contributed by atoms with Crippen LogP contribution < -0.4 is 22.5 Å². The minimum absolute atomic E-state index is 0.110. The van der Waals surface area contributed by atoms with Crippen molar-refractivity contribution in [2.45, 2.75) is 75.5 Å². The Morgan fingerprint density at radius 1 is 1.06 bits per heavy atom. The standard InChI is InChI=1S/C37H42N6O7/c1-34(2,3)20-10-8-17(9-11-20)21-12-19(14-42-33(50)18-6-7-18)26(44)23-22(21)13-35(40)15-37(41)29(43(4)5)28(46)24(32(39)49)30(47)36(37,16-38)31(48)25(35)27(23)45/h8-12,18,24-25,29,44H,6-7,13-15,40-41H2,1-5H3,(H2,39,49)(H,42,50)/t24?,25?,29-,35-,36+,37-/m1/s1. The number of nitriles is 1. The van der Waals surface area contributed by atoms with Crippen LogP contribution in [0.1, 0.15) is 67.1 Å². The summed E-state index contributed by atoms with van der Waals surface area (Å²) < 4.78 is 0. The van der Waals surface area contributed by atoms with Crippen molar-refractivity contribution in [1.82, 2.24) is 10.2 Å². The minimum atomic E-state index is -2.84. The molecule has 2 aromatic carbocycles. The molecule has 0 aliphatic heterocycles. The molecule has 8 N–H and O–H groups in total. The Kier molecular flexibility index (Phi) is 7.98. The zero-order valence-corrected chi connectivity index (χ0v) is 28.8. The van der Waals surface area contributed by atoms with Crippen LogP contribution in [-0.2, 0) is 42.4 Å². The van der Waals surface area contributed by atoms with Gasteiger partial charge in [-0.2, -0.15) is 5.26 Å². The third kappa shape index (κ3) is 4.84. The fourth-order valence-electron chi connectivity index (χ4n) is 8.54. The van der Waals surface area contributed by atoms with Crippen LogP contribution in [0, 0.1) is 34.5 Å². The Morgan fingerprint density at radius 2 is 1.68 bits per heavy atom. The molecule has 4 aliphatic rings. The summed E-state index contributed by atoms with van der Waals surface area (Å²) in [6, 6.07) is 9.56. The first-order valence-electron chi connectivity index (χ1n) is 16.6. The molecule has 0 bridgehead atoms. The molecule has 2 unspecified atom stereocenters. The number of fused-ring (bicyclic) bond motifs is 3. The average Bonchev–Trinajstić information content (AvgIpc) is 3.85. The van der Waals surface area contributed by atoms with E-state index >= 15 is 0 Å². The van der Waals surface area contributed by atoms with Gasteiger partial charge in [0.25, 0.3) is 0 Å². The Balaban J connectivity index is 1.57. The highest BCUT2D eigenvalue weighted by molar-refractivity contribution is 6.33. The van der Waals surface area contributed by atoms with E-state index in [1.807, 2.05) is 24.3 Å². The summed E-state index contributed by atoms with van der Waals surface area (Å²) in [7, 11) is 2.91. The number of likely N-dealkylation sites (N-methyl/N-ethyl adjacent to an activating group) is 1. The molecule has 4 aliphatic carbocycles. The number of carbonyl (C=O) groups is 6. The fraction of sp³-hybridized carbons (Fsp3) is 0.486. The molecule has 6 atom stereocenters. The molecule has 0 saturated heterocycles. The zero-order chi connectivity index (χ0) is 36.9. The molecule has 0 aromatic heterocycles. The van der Waals surface area contributed by atoms with Gasteiger partial charge in [-0.1, -0.05) is 45.0 Å². The van der Waals surface area contributed by atoms with Crippen molar-refractivity contribution in [1.29, 1.82) is 5.26 Å². The summed E-state index contributed by atoms with van der Waals surface area (Å²) in [5, 5.41) is 25.2. The first kappa shape index (κ1) is 35.1. The van der Waals surface area contributed by atoms with Crippen molar-refractivity contribution in [3.05, 3.63) is 52.6 Å². The van der Waals surface area contributed by atoms with E-state index in [2.05, 4.69) is 26.1 Å². The minimum Gasteiger partial charge on any atom is -0.507 e. The lowest BCUT2D eigenvalue weighted by Crippen LogP contribution is -2.85. The van der Waals surface area contributed by atoms with Crippen LogP contribution in [0.3, 0.4) is 0 Å².